The highest BCUT2D eigenvalue weighted by molar-refractivity contribution is 5.96. The summed E-state index contributed by atoms with van der Waals surface area (Å²) in [4.78, 5) is 24.8. The molecule has 0 fully saturated rings. The van der Waals surface area contributed by atoms with E-state index in [0.29, 0.717) is 5.69 Å². The number of anilines is 3. The van der Waals surface area contributed by atoms with E-state index in [4.69, 9.17) is 10.5 Å². The Labute approximate surface area is 162 Å². The van der Waals surface area contributed by atoms with Crippen LogP contribution in [0.25, 0.3) is 0 Å². The Balaban J connectivity index is 0.00000261. The van der Waals surface area contributed by atoms with Crippen molar-refractivity contribution in [1.29, 1.82) is 0 Å². The number of hydrogen-bond acceptors (Lipinski definition) is 6. The monoisotopic (exact) mass is 392 g/mol. The maximum absolute atomic E-state index is 12.5. The number of hydrogen-bond donors (Lipinski definition) is 2. The zero-order valence-corrected chi connectivity index (χ0v) is 15.6. The fourth-order valence-electron chi connectivity index (χ4n) is 3.15. The predicted octanol–water partition coefficient (Wildman–Crippen LogP) is 3.00. The molecule has 0 saturated heterocycles. The summed E-state index contributed by atoms with van der Waals surface area (Å²) in [5.74, 6) is 0.0169. The summed E-state index contributed by atoms with van der Waals surface area (Å²) >= 11 is 0. The van der Waals surface area contributed by atoms with Crippen LogP contribution < -0.4 is 20.7 Å². The number of fused-ring (bicyclic) bond motifs is 1. The van der Waals surface area contributed by atoms with E-state index in [1.165, 1.54) is 25.3 Å². The number of non-ortho nitro benzene ring substituents is 1. The van der Waals surface area contributed by atoms with Gasteiger partial charge in [0.25, 0.3) is 5.69 Å². The van der Waals surface area contributed by atoms with Gasteiger partial charge in [0, 0.05) is 24.0 Å². The Bertz CT molecular complexity index is 859. The summed E-state index contributed by atoms with van der Waals surface area (Å²) < 4.78 is 5.15. The SMILES string of the molecule is COc1cc([N+](=O)[O-])ccc1NC(=O)CN1CCCc2c(N)cccc21.Cl. The topological polar surface area (TPSA) is 111 Å². The zero-order chi connectivity index (χ0) is 18.7. The van der Waals surface area contributed by atoms with Gasteiger partial charge in [-0.25, -0.2) is 0 Å². The number of benzene rings is 2. The normalized spacial score (nSPS) is 12.6. The Morgan fingerprint density at radius 3 is 2.85 bits per heavy atom. The molecule has 0 unspecified atom stereocenters. The lowest BCUT2D eigenvalue weighted by Gasteiger charge is -2.31. The van der Waals surface area contributed by atoms with Crippen LogP contribution in [0.15, 0.2) is 36.4 Å². The molecule has 8 nitrogen and oxygen atoms in total. The molecular formula is C18H21ClN4O4. The van der Waals surface area contributed by atoms with Gasteiger partial charge in [0.05, 0.1) is 30.3 Å². The largest absolute Gasteiger partial charge is 0.494 e. The first kappa shape index (κ1) is 20.3. The smallest absolute Gasteiger partial charge is 0.273 e. The van der Waals surface area contributed by atoms with E-state index in [9.17, 15) is 14.9 Å². The van der Waals surface area contributed by atoms with Crippen LogP contribution in [0.5, 0.6) is 5.75 Å². The number of amides is 1. The van der Waals surface area contributed by atoms with Crippen LogP contribution in [0.2, 0.25) is 0 Å². The number of nitrogens with two attached hydrogens (primary N) is 1. The van der Waals surface area contributed by atoms with Crippen LogP contribution in [-0.4, -0.2) is 31.0 Å². The first-order chi connectivity index (χ1) is 12.5. The number of methoxy groups -OCH3 is 1. The second-order valence-electron chi connectivity index (χ2n) is 6.06. The standard InChI is InChI=1S/C18H20N4O4.ClH/c1-26-17-10-12(22(24)25)7-8-15(17)20-18(23)11-21-9-3-4-13-14(19)5-2-6-16(13)21;/h2,5-8,10H,3-4,9,11,19H2,1H3,(H,20,23);1H. The maximum atomic E-state index is 12.5. The maximum Gasteiger partial charge on any atom is 0.273 e. The highest BCUT2D eigenvalue weighted by Gasteiger charge is 2.21. The third kappa shape index (κ3) is 4.40. The summed E-state index contributed by atoms with van der Waals surface area (Å²) in [6.45, 7) is 0.928. The molecule has 27 heavy (non-hydrogen) atoms. The minimum Gasteiger partial charge on any atom is -0.494 e. The number of halogens is 1. The molecule has 1 amide bonds. The number of nitro groups is 1. The van der Waals surface area contributed by atoms with E-state index < -0.39 is 4.92 Å². The van der Waals surface area contributed by atoms with Gasteiger partial charge in [-0.1, -0.05) is 6.07 Å². The van der Waals surface area contributed by atoms with Crippen molar-refractivity contribution in [2.45, 2.75) is 12.8 Å². The van der Waals surface area contributed by atoms with Crippen molar-refractivity contribution in [2.75, 3.05) is 36.1 Å². The van der Waals surface area contributed by atoms with Gasteiger partial charge in [-0.15, -0.1) is 12.4 Å². The highest BCUT2D eigenvalue weighted by atomic mass is 35.5. The number of nitrogens with one attached hydrogen (secondary N) is 1. The van der Waals surface area contributed by atoms with Crippen LogP contribution in [0.3, 0.4) is 0 Å². The van der Waals surface area contributed by atoms with Crippen LogP contribution in [0.1, 0.15) is 12.0 Å². The molecular weight excluding hydrogens is 372 g/mol. The van der Waals surface area contributed by atoms with E-state index in [1.807, 2.05) is 23.1 Å². The van der Waals surface area contributed by atoms with Gasteiger partial charge in [-0.05, 0) is 36.6 Å². The molecule has 0 atom stereocenters. The summed E-state index contributed by atoms with van der Waals surface area (Å²) in [6.07, 6.45) is 1.83. The van der Waals surface area contributed by atoms with Gasteiger partial charge >= 0.3 is 0 Å². The minimum atomic E-state index is -0.511. The summed E-state index contributed by atoms with van der Waals surface area (Å²) in [5.41, 5.74) is 9.12. The minimum absolute atomic E-state index is 0. The molecule has 0 aliphatic carbocycles. The number of carbonyl (C=O) groups excluding carboxylic acids is 1. The molecule has 0 bridgehead atoms. The van der Waals surface area contributed by atoms with E-state index >= 15 is 0 Å². The number of rotatable bonds is 5. The lowest BCUT2D eigenvalue weighted by Crippen LogP contribution is -2.37. The molecule has 144 valence electrons. The molecule has 2 aromatic rings. The van der Waals surface area contributed by atoms with Crippen LogP contribution in [0.4, 0.5) is 22.7 Å². The molecule has 2 aromatic carbocycles. The quantitative estimate of drug-likeness (QED) is 0.459. The van der Waals surface area contributed by atoms with Crippen LogP contribution in [0, 0.1) is 10.1 Å². The first-order valence-electron chi connectivity index (χ1n) is 8.24. The van der Waals surface area contributed by atoms with Crippen LogP contribution >= 0.6 is 12.4 Å². The third-order valence-electron chi connectivity index (χ3n) is 4.39. The summed E-state index contributed by atoms with van der Waals surface area (Å²) in [7, 11) is 1.40. The fourth-order valence-corrected chi connectivity index (χ4v) is 3.15. The van der Waals surface area contributed by atoms with Crippen molar-refractivity contribution in [1.82, 2.24) is 0 Å². The molecule has 0 saturated carbocycles. The third-order valence-corrected chi connectivity index (χ3v) is 4.39. The van der Waals surface area contributed by atoms with Gasteiger partial charge < -0.3 is 20.7 Å². The molecule has 3 N–H and O–H groups in total. The van der Waals surface area contributed by atoms with Crippen molar-refractivity contribution in [3.63, 3.8) is 0 Å². The van der Waals surface area contributed by atoms with Crippen molar-refractivity contribution in [3.8, 4) is 5.75 Å². The number of carbonyl (C=O) groups is 1. The van der Waals surface area contributed by atoms with Gasteiger partial charge in [-0.3, -0.25) is 14.9 Å². The second kappa shape index (κ2) is 8.59. The van der Waals surface area contributed by atoms with E-state index in [1.54, 1.807) is 0 Å². The predicted molar refractivity (Wildman–Crippen MR) is 107 cm³/mol. The fraction of sp³-hybridized carbons (Fsp3) is 0.278. The lowest BCUT2D eigenvalue weighted by atomic mass is 10.00. The van der Waals surface area contributed by atoms with Gasteiger partial charge in [0.15, 0.2) is 0 Å². The highest BCUT2D eigenvalue weighted by Crippen LogP contribution is 2.32. The molecule has 0 spiro atoms. The Kier molecular flexibility index (Phi) is 6.46. The molecule has 3 rings (SSSR count). The van der Waals surface area contributed by atoms with Crippen molar-refractivity contribution >= 4 is 41.1 Å². The Morgan fingerprint density at radius 1 is 1.37 bits per heavy atom. The van der Waals surface area contributed by atoms with Crippen molar-refractivity contribution < 1.29 is 14.5 Å². The molecule has 1 heterocycles. The average Bonchev–Trinajstić information content (AvgIpc) is 2.62. The number of nitrogen functional groups attached to an aromatic ring is 1. The van der Waals surface area contributed by atoms with E-state index in [-0.39, 0.29) is 36.3 Å². The average molecular weight is 393 g/mol. The Hall–Kier alpha value is -3.00. The summed E-state index contributed by atoms with van der Waals surface area (Å²) in [6, 6.07) is 9.79. The lowest BCUT2D eigenvalue weighted by molar-refractivity contribution is -0.384. The zero-order valence-electron chi connectivity index (χ0n) is 14.8. The van der Waals surface area contributed by atoms with Crippen molar-refractivity contribution in [3.05, 3.63) is 52.1 Å². The van der Waals surface area contributed by atoms with Crippen LogP contribution in [-0.2, 0) is 11.2 Å². The Morgan fingerprint density at radius 2 is 2.15 bits per heavy atom. The van der Waals surface area contributed by atoms with Crippen molar-refractivity contribution in [2.24, 2.45) is 0 Å². The molecule has 0 radical (unpaired) electrons. The molecule has 9 heteroatoms. The molecule has 1 aliphatic heterocycles. The van der Waals surface area contributed by atoms with E-state index in [0.717, 1.165) is 36.3 Å². The first-order valence-corrected chi connectivity index (χ1v) is 8.24. The van der Waals surface area contributed by atoms with E-state index in [2.05, 4.69) is 5.32 Å². The number of ether oxygens (including phenoxy) is 1. The van der Waals surface area contributed by atoms with Gasteiger partial charge in [0.2, 0.25) is 5.91 Å². The number of nitro benzene ring substituents is 1. The molecule has 1 aliphatic rings. The second-order valence-corrected chi connectivity index (χ2v) is 6.06. The summed E-state index contributed by atoms with van der Waals surface area (Å²) in [5, 5.41) is 13.6. The van der Waals surface area contributed by atoms with Gasteiger partial charge in [0.1, 0.15) is 5.75 Å². The number of nitrogens with zero attached hydrogens (tertiary/aromatic N) is 2. The molecule has 0 aromatic heterocycles. The van der Waals surface area contributed by atoms with Gasteiger partial charge in [-0.2, -0.15) is 0 Å².